The number of nitrogens with one attached hydrogen (secondary N) is 1. The van der Waals surface area contributed by atoms with Crippen molar-refractivity contribution in [2.75, 3.05) is 13.3 Å². The molecular weight excluding hydrogens is 250 g/mol. The minimum atomic E-state index is -0.0173. The summed E-state index contributed by atoms with van der Waals surface area (Å²) in [5.41, 5.74) is 2.28. The molecule has 0 aliphatic heterocycles. The first-order valence-corrected chi connectivity index (χ1v) is 6.90. The Kier molecular flexibility index (Phi) is 5.59. The quantitative estimate of drug-likeness (QED) is 0.601. The highest BCUT2D eigenvalue weighted by molar-refractivity contribution is 5.33. The van der Waals surface area contributed by atoms with Crippen LogP contribution in [0.15, 0.2) is 54.6 Å². The van der Waals surface area contributed by atoms with Gasteiger partial charge in [-0.05, 0) is 24.1 Å². The highest BCUT2D eigenvalue weighted by atomic mass is 16.5. The molecule has 0 aliphatic rings. The minimum absolute atomic E-state index is 0.00806. The van der Waals surface area contributed by atoms with Gasteiger partial charge in [-0.2, -0.15) is 0 Å². The monoisotopic (exact) mass is 271 g/mol. The molecule has 0 bridgehead atoms. The highest BCUT2D eigenvalue weighted by Gasteiger charge is 2.13. The molecule has 0 unspecified atom stereocenters. The second-order valence-corrected chi connectivity index (χ2v) is 4.73. The van der Waals surface area contributed by atoms with Gasteiger partial charge in [0.1, 0.15) is 11.9 Å². The van der Waals surface area contributed by atoms with Crippen molar-refractivity contribution >= 4 is 0 Å². The minimum Gasteiger partial charge on any atom is -0.485 e. The number of hydrogen-bond acceptors (Lipinski definition) is 3. The molecule has 2 aromatic rings. The van der Waals surface area contributed by atoms with Crippen LogP contribution in [0.25, 0.3) is 0 Å². The Morgan fingerprint density at radius 1 is 1.05 bits per heavy atom. The SMILES string of the molecule is Cc1ccccc1O[C@H](CCNCO)c1ccccc1. The van der Waals surface area contributed by atoms with E-state index in [-0.39, 0.29) is 12.8 Å². The zero-order chi connectivity index (χ0) is 14.2. The van der Waals surface area contributed by atoms with Crippen molar-refractivity contribution in [2.24, 2.45) is 0 Å². The summed E-state index contributed by atoms with van der Waals surface area (Å²) < 4.78 is 6.16. The molecule has 0 spiro atoms. The van der Waals surface area contributed by atoms with E-state index in [0.717, 1.165) is 23.3 Å². The maximum atomic E-state index is 8.83. The number of aliphatic hydroxyl groups excluding tert-OH is 1. The fourth-order valence-electron chi connectivity index (χ4n) is 2.12. The summed E-state index contributed by atoms with van der Waals surface area (Å²) in [6, 6.07) is 18.2. The van der Waals surface area contributed by atoms with Crippen molar-refractivity contribution in [1.82, 2.24) is 5.32 Å². The maximum absolute atomic E-state index is 8.83. The Morgan fingerprint density at radius 3 is 2.45 bits per heavy atom. The van der Waals surface area contributed by atoms with Gasteiger partial charge in [0, 0.05) is 13.0 Å². The summed E-state index contributed by atoms with van der Waals surface area (Å²) in [5.74, 6) is 0.908. The molecule has 0 fully saturated rings. The first kappa shape index (κ1) is 14.6. The number of aryl methyl sites for hydroxylation is 1. The molecule has 3 heteroatoms. The lowest BCUT2D eigenvalue weighted by atomic mass is 10.1. The first-order valence-electron chi connectivity index (χ1n) is 6.90. The van der Waals surface area contributed by atoms with E-state index in [2.05, 4.69) is 17.4 Å². The summed E-state index contributed by atoms with van der Waals surface area (Å²) in [7, 11) is 0. The average molecular weight is 271 g/mol. The largest absolute Gasteiger partial charge is 0.485 e. The number of para-hydroxylation sites is 1. The molecule has 2 N–H and O–H groups in total. The molecule has 20 heavy (non-hydrogen) atoms. The van der Waals surface area contributed by atoms with Crippen LogP contribution in [0.1, 0.15) is 23.7 Å². The molecular formula is C17H21NO2. The van der Waals surface area contributed by atoms with Gasteiger partial charge in [0.25, 0.3) is 0 Å². The van der Waals surface area contributed by atoms with E-state index >= 15 is 0 Å². The van der Waals surface area contributed by atoms with Crippen molar-refractivity contribution in [3.05, 3.63) is 65.7 Å². The molecule has 2 rings (SSSR count). The molecule has 1 atom stereocenters. The fourth-order valence-corrected chi connectivity index (χ4v) is 2.12. The first-order chi connectivity index (χ1) is 9.81. The Bertz CT molecular complexity index is 513. The molecule has 2 aromatic carbocycles. The zero-order valence-corrected chi connectivity index (χ0v) is 11.8. The third-order valence-corrected chi connectivity index (χ3v) is 3.23. The third kappa shape index (κ3) is 4.08. The molecule has 3 nitrogen and oxygen atoms in total. The van der Waals surface area contributed by atoms with E-state index in [1.54, 1.807) is 0 Å². The van der Waals surface area contributed by atoms with E-state index in [1.807, 2.05) is 49.4 Å². The van der Waals surface area contributed by atoms with E-state index in [4.69, 9.17) is 9.84 Å². The van der Waals surface area contributed by atoms with Crippen LogP contribution < -0.4 is 10.1 Å². The van der Waals surface area contributed by atoms with Gasteiger partial charge in [0.05, 0.1) is 6.73 Å². The van der Waals surface area contributed by atoms with Crippen molar-refractivity contribution < 1.29 is 9.84 Å². The second kappa shape index (κ2) is 7.68. The molecule has 0 amide bonds. The van der Waals surface area contributed by atoms with Crippen LogP contribution in [-0.2, 0) is 0 Å². The molecule has 0 aliphatic carbocycles. The smallest absolute Gasteiger partial charge is 0.125 e. The lowest BCUT2D eigenvalue weighted by molar-refractivity contribution is 0.183. The lowest BCUT2D eigenvalue weighted by Crippen LogP contribution is -2.20. The molecule has 0 heterocycles. The van der Waals surface area contributed by atoms with E-state index in [1.165, 1.54) is 0 Å². The molecule has 0 radical (unpaired) electrons. The van der Waals surface area contributed by atoms with Crippen LogP contribution in [0.5, 0.6) is 5.75 Å². The maximum Gasteiger partial charge on any atom is 0.125 e. The third-order valence-electron chi connectivity index (χ3n) is 3.23. The molecule has 106 valence electrons. The summed E-state index contributed by atoms with van der Waals surface area (Å²) in [4.78, 5) is 0. The summed E-state index contributed by atoms with van der Waals surface area (Å²) in [6.45, 7) is 2.75. The van der Waals surface area contributed by atoms with Crippen LogP contribution in [0.2, 0.25) is 0 Å². The predicted octanol–water partition coefficient (Wildman–Crippen LogP) is 3.04. The number of aliphatic hydroxyl groups is 1. The van der Waals surface area contributed by atoms with E-state index in [9.17, 15) is 0 Å². The van der Waals surface area contributed by atoms with Crippen LogP contribution in [0.3, 0.4) is 0 Å². The normalized spacial score (nSPS) is 12.1. The van der Waals surface area contributed by atoms with Crippen LogP contribution in [-0.4, -0.2) is 18.4 Å². The van der Waals surface area contributed by atoms with Crippen LogP contribution >= 0.6 is 0 Å². The Labute approximate surface area is 120 Å². The van der Waals surface area contributed by atoms with E-state index < -0.39 is 0 Å². The zero-order valence-electron chi connectivity index (χ0n) is 11.8. The van der Waals surface area contributed by atoms with Gasteiger partial charge in [-0.3, -0.25) is 5.32 Å². The van der Waals surface area contributed by atoms with Gasteiger partial charge in [-0.15, -0.1) is 0 Å². The molecule has 0 saturated carbocycles. The Hall–Kier alpha value is -1.84. The van der Waals surface area contributed by atoms with Gasteiger partial charge in [-0.25, -0.2) is 0 Å². The van der Waals surface area contributed by atoms with Crippen molar-refractivity contribution in [1.29, 1.82) is 0 Å². The Morgan fingerprint density at radius 2 is 1.75 bits per heavy atom. The van der Waals surface area contributed by atoms with Crippen molar-refractivity contribution in [2.45, 2.75) is 19.4 Å². The fraction of sp³-hybridized carbons (Fsp3) is 0.294. The van der Waals surface area contributed by atoms with Crippen molar-refractivity contribution in [3.63, 3.8) is 0 Å². The van der Waals surface area contributed by atoms with Gasteiger partial charge < -0.3 is 9.84 Å². The topological polar surface area (TPSA) is 41.5 Å². The standard InChI is InChI=1S/C17H21NO2/c1-14-7-5-6-10-16(14)20-17(11-12-18-13-19)15-8-3-2-4-9-15/h2-10,17-19H,11-13H2,1H3/t17-/m1/s1. The highest BCUT2D eigenvalue weighted by Crippen LogP contribution is 2.26. The Balaban J connectivity index is 2.12. The molecule has 0 aromatic heterocycles. The predicted molar refractivity (Wildman–Crippen MR) is 80.7 cm³/mol. The molecule has 0 saturated heterocycles. The van der Waals surface area contributed by atoms with Gasteiger partial charge >= 0.3 is 0 Å². The van der Waals surface area contributed by atoms with E-state index in [0.29, 0.717) is 6.54 Å². The van der Waals surface area contributed by atoms with Gasteiger partial charge in [-0.1, -0.05) is 48.5 Å². The lowest BCUT2D eigenvalue weighted by Gasteiger charge is -2.21. The second-order valence-electron chi connectivity index (χ2n) is 4.73. The number of rotatable bonds is 7. The van der Waals surface area contributed by atoms with Gasteiger partial charge in [0.15, 0.2) is 0 Å². The van der Waals surface area contributed by atoms with Crippen LogP contribution in [0, 0.1) is 6.92 Å². The average Bonchev–Trinajstić information content (AvgIpc) is 2.49. The number of benzene rings is 2. The summed E-state index contributed by atoms with van der Waals surface area (Å²) in [5, 5.41) is 11.8. The van der Waals surface area contributed by atoms with Crippen LogP contribution in [0.4, 0.5) is 0 Å². The summed E-state index contributed by atoms with van der Waals surface area (Å²) >= 11 is 0. The van der Waals surface area contributed by atoms with Crippen molar-refractivity contribution in [3.8, 4) is 5.75 Å². The number of hydrogen-bond donors (Lipinski definition) is 2. The summed E-state index contributed by atoms with van der Waals surface area (Å²) in [6.07, 6.45) is 0.787. The van der Waals surface area contributed by atoms with Gasteiger partial charge in [0.2, 0.25) is 0 Å². The number of ether oxygens (including phenoxy) is 1.